The van der Waals surface area contributed by atoms with Crippen LogP contribution in [0.3, 0.4) is 0 Å². The zero-order valence-corrected chi connectivity index (χ0v) is 10.1. The first kappa shape index (κ1) is 14.7. The Bertz CT molecular complexity index is 111. The number of allylic oxidation sites excluding steroid dienone is 1. The van der Waals surface area contributed by atoms with Gasteiger partial charge in [0, 0.05) is 0 Å². The van der Waals surface area contributed by atoms with Crippen LogP contribution in [-0.2, 0) is 0 Å². The molecule has 0 spiro atoms. The Morgan fingerprint density at radius 1 is 1.27 bits per heavy atom. The van der Waals surface area contributed by atoms with E-state index >= 15 is 0 Å². The molecule has 0 unspecified atom stereocenters. The fraction of sp³-hybridized carbons (Fsp3) is 0.667. The Balaban J connectivity index is 0. The molecule has 0 saturated carbocycles. The minimum Gasteiger partial charge on any atom is -0.445 e. The van der Waals surface area contributed by atoms with Crippen LogP contribution in [0.5, 0.6) is 0 Å². The summed E-state index contributed by atoms with van der Waals surface area (Å²) in [5.74, 6) is 0.357. The van der Waals surface area contributed by atoms with Crippen LogP contribution in [0, 0.1) is 0 Å². The molecule has 0 N–H and O–H groups in total. The van der Waals surface area contributed by atoms with E-state index in [-0.39, 0.29) is 51.4 Å². The minimum absolute atomic E-state index is 0. The molecule has 0 atom stereocenters. The van der Waals surface area contributed by atoms with Gasteiger partial charge in [0.1, 0.15) is 0 Å². The van der Waals surface area contributed by atoms with E-state index in [9.17, 15) is 12.9 Å². The summed E-state index contributed by atoms with van der Waals surface area (Å²) in [6, 6.07) is 0. The Morgan fingerprint density at radius 3 is 2.18 bits per heavy atom. The van der Waals surface area contributed by atoms with Crippen LogP contribution in [0.1, 0.15) is 26.2 Å². The van der Waals surface area contributed by atoms with Gasteiger partial charge < -0.3 is 12.9 Å². The summed E-state index contributed by atoms with van der Waals surface area (Å²) in [4.78, 5) is 0. The summed E-state index contributed by atoms with van der Waals surface area (Å²) in [6.07, 6.45) is 3.51. The largest absolute Gasteiger partial charge is 1.00 e. The van der Waals surface area contributed by atoms with Gasteiger partial charge in [-0.3, -0.25) is 0 Å². The smallest absolute Gasteiger partial charge is 0.445 e. The molecule has 5 heteroatoms. The molecule has 60 valence electrons. The van der Waals surface area contributed by atoms with Gasteiger partial charge in [0.25, 0.3) is 0 Å². The van der Waals surface area contributed by atoms with Crippen LogP contribution in [0.15, 0.2) is 12.1 Å². The predicted molar refractivity (Wildman–Crippen MR) is 37.7 cm³/mol. The van der Waals surface area contributed by atoms with E-state index in [1.54, 1.807) is 0 Å². The van der Waals surface area contributed by atoms with E-state index in [4.69, 9.17) is 0 Å². The van der Waals surface area contributed by atoms with E-state index in [1.165, 1.54) is 6.08 Å². The molecule has 0 rings (SSSR count). The van der Waals surface area contributed by atoms with E-state index in [0.717, 1.165) is 12.8 Å². The Kier molecular flexibility index (Phi) is 10.5. The van der Waals surface area contributed by atoms with Crippen molar-refractivity contribution in [2.75, 3.05) is 0 Å². The van der Waals surface area contributed by atoms with E-state index in [2.05, 4.69) is 0 Å². The molecular formula is C6H11BF3K. The second-order valence-corrected chi connectivity index (χ2v) is 2.20. The summed E-state index contributed by atoms with van der Waals surface area (Å²) < 4.78 is 34.4. The van der Waals surface area contributed by atoms with Crippen molar-refractivity contribution in [3.8, 4) is 0 Å². The number of hydrogen-bond donors (Lipinski definition) is 0. The van der Waals surface area contributed by atoms with Crippen molar-refractivity contribution in [3.05, 3.63) is 12.1 Å². The van der Waals surface area contributed by atoms with Gasteiger partial charge >= 0.3 is 58.4 Å². The van der Waals surface area contributed by atoms with E-state index in [1.807, 2.05) is 6.92 Å². The zero-order chi connectivity index (χ0) is 8.04. The van der Waals surface area contributed by atoms with Crippen molar-refractivity contribution in [1.29, 1.82) is 0 Å². The summed E-state index contributed by atoms with van der Waals surface area (Å²) in [5, 5.41) is 0. The van der Waals surface area contributed by atoms with E-state index in [0.29, 0.717) is 12.4 Å². The summed E-state index contributed by atoms with van der Waals surface area (Å²) in [5.41, 5.74) is 0. The van der Waals surface area contributed by atoms with Crippen LogP contribution in [0.4, 0.5) is 12.9 Å². The van der Waals surface area contributed by atoms with Crippen molar-refractivity contribution >= 4 is 6.98 Å². The molecule has 0 aliphatic heterocycles. The predicted octanol–water partition coefficient (Wildman–Crippen LogP) is 0.123. The summed E-state index contributed by atoms with van der Waals surface area (Å²) >= 11 is 0. The average molecular weight is 190 g/mol. The quantitative estimate of drug-likeness (QED) is 0.436. The van der Waals surface area contributed by atoms with Crippen molar-refractivity contribution < 1.29 is 64.3 Å². The number of hydrogen-bond acceptors (Lipinski definition) is 0. The summed E-state index contributed by atoms with van der Waals surface area (Å²) in [7, 11) is 0. The topological polar surface area (TPSA) is 0 Å². The molecule has 0 aromatic carbocycles. The third-order valence-electron chi connectivity index (χ3n) is 1.08. The molecular weight excluding hydrogens is 179 g/mol. The first-order valence-corrected chi connectivity index (χ1v) is 3.44. The molecule has 0 nitrogen and oxygen atoms in total. The first-order chi connectivity index (χ1) is 4.56. The van der Waals surface area contributed by atoms with Crippen molar-refractivity contribution in [3.63, 3.8) is 0 Å². The van der Waals surface area contributed by atoms with E-state index < -0.39 is 6.98 Å². The van der Waals surface area contributed by atoms with Crippen molar-refractivity contribution in [2.24, 2.45) is 0 Å². The third-order valence-corrected chi connectivity index (χ3v) is 1.08. The second-order valence-electron chi connectivity index (χ2n) is 2.20. The Labute approximate surface area is 108 Å². The molecule has 11 heavy (non-hydrogen) atoms. The van der Waals surface area contributed by atoms with Crippen molar-refractivity contribution in [1.82, 2.24) is 0 Å². The number of unbranched alkanes of at least 4 members (excludes halogenated alkanes) is 2. The molecule has 0 aromatic rings. The Hall–Kier alpha value is 1.23. The first-order valence-electron chi connectivity index (χ1n) is 3.44. The number of rotatable bonds is 4. The van der Waals surface area contributed by atoms with Crippen LogP contribution in [-0.4, -0.2) is 6.98 Å². The monoisotopic (exact) mass is 190 g/mol. The van der Waals surface area contributed by atoms with Gasteiger partial charge in [-0.25, -0.2) is 0 Å². The molecule has 0 radical (unpaired) electrons. The Morgan fingerprint density at radius 2 is 1.82 bits per heavy atom. The standard InChI is InChI=1S/C6H11BF3.K/c1-2-3-4-5-6-7(8,9)10;/h5-6H,2-4H2,1H3;/q-1;+1/b6-5+;. The van der Waals surface area contributed by atoms with Crippen molar-refractivity contribution in [2.45, 2.75) is 26.2 Å². The van der Waals surface area contributed by atoms with Crippen LogP contribution >= 0.6 is 0 Å². The molecule has 0 heterocycles. The second kappa shape index (κ2) is 7.86. The van der Waals surface area contributed by atoms with Gasteiger partial charge in [-0.15, -0.1) is 12.1 Å². The maximum Gasteiger partial charge on any atom is 1.00 e. The van der Waals surface area contributed by atoms with Gasteiger partial charge in [0.05, 0.1) is 0 Å². The van der Waals surface area contributed by atoms with Gasteiger partial charge in [-0.05, 0) is 6.42 Å². The molecule has 0 aliphatic carbocycles. The van der Waals surface area contributed by atoms with Gasteiger partial charge in [-0.1, -0.05) is 19.8 Å². The maximum atomic E-state index is 11.5. The molecule has 0 bridgehead atoms. The fourth-order valence-corrected chi connectivity index (χ4v) is 0.573. The molecule has 0 aliphatic rings. The zero-order valence-electron chi connectivity index (χ0n) is 6.99. The molecule has 0 amide bonds. The van der Waals surface area contributed by atoms with Gasteiger partial charge in [0.15, 0.2) is 0 Å². The van der Waals surface area contributed by atoms with Crippen LogP contribution < -0.4 is 51.4 Å². The average Bonchev–Trinajstić information content (AvgIpc) is 1.78. The van der Waals surface area contributed by atoms with Crippen LogP contribution in [0.25, 0.3) is 0 Å². The SMILES string of the molecule is CCCC/C=C/[B-](F)(F)F.[K+]. The number of halogens is 3. The van der Waals surface area contributed by atoms with Gasteiger partial charge in [-0.2, -0.15) is 0 Å². The molecule has 0 saturated heterocycles. The summed E-state index contributed by atoms with van der Waals surface area (Å²) in [6.45, 7) is -2.75. The fourth-order valence-electron chi connectivity index (χ4n) is 0.573. The maximum absolute atomic E-state index is 11.5. The van der Waals surface area contributed by atoms with Gasteiger partial charge in [0.2, 0.25) is 0 Å². The molecule has 0 fully saturated rings. The third kappa shape index (κ3) is 14.1. The minimum atomic E-state index is -4.70. The molecule has 0 aromatic heterocycles. The van der Waals surface area contributed by atoms with Crippen LogP contribution in [0.2, 0.25) is 0 Å². The normalized spacial score (nSPS) is 11.6.